The summed E-state index contributed by atoms with van der Waals surface area (Å²) in [5.74, 6) is 1.50. The molecule has 2 saturated carbocycles. The zero-order valence-electron chi connectivity index (χ0n) is 15.3. The minimum atomic E-state index is -0.0235. The fourth-order valence-electron chi connectivity index (χ4n) is 3.21. The van der Waals surface area contributed by atoms with Gasteiger partial charge in [0, 0.05) is 18.2 Å². The third-order valence-electron chi connectivity index (χ3n) is 5.23. The molecule has 0 aliphatic heterocycles. The Morgan fingerprint density at radius 3 is 2.81 bits per heavy atom. The number of imidazole rings is 1. The number of carbonyl (C=O) groups excluding carboxylic acids is 1. The van der Waals surface area contributed by atoms with Gasteiger partial charge in [-0.2, -0.15) is 0 Å². The van der Waals surface area contributed by atoms with Crippen LogP contribution in [0.1, 0.15) is 41.6 Å². The van der Waals surface area contributed by atoms with Crippen LogP contribution in [0.15, 0.2) is 30.9 Å². The van der Waals surface area contributed by atoms with E-state index in [9.17, 15) is 4.79 Å². The fourth-order valence-corrected chi connectivity index (χ4v) is 3.21. The SMILES string of the molecule is Cc1ccc(C(=O)NC2CC2)cc1-n1cnc2c(NCC3CC3)ncnc21. The molecule has 0 spiro atoms. The molecule has 2 heterocycles. The zero-order chi connectivity index (χ0) is 18.4. The summed E-state index contributed by atoms with van der Waals surface area (Å²) in [6.07, 6.45) is 8.03. The number of fused-ring (bicyclic) bond motifs is 1. The Kier molecular flexibility index (Phi) is 3.81. The van der Waals surface area contributed by atoms with Gasteiger partial charge in [-0.3, -0.25) is 9.36 Å². The third kappa shape index (κ3) is 3.25. The Morgan fingerprint density at radius 2 is 2.04 bits per heavy atom. The number of aromatic nitrogens is 4. The van der Waals surface area contributed by atoms with Crippen molar-refractivity contribution in [2.75, 3.05) is 11.9 Å². The maximum atomic E-state index is 12.4. The van der Waals surface area contributed by atoms with Crippen LogP contribution in [-0.4, -0.2) is 38.0 Å². The molecule has 0 unspecified atom stereocenters. The van der Waals surface area contributed by atoms with Crippen molar-refractivity contribution >= 4 is 22.9 Å². The molecule has 0 saturated heterocycles. The van der Waals surface area contributed by atoms with E-state index in [1.165, 1.54) is 12.8 Å². The molecule has 0 radical (unpaired) electrons. The van der Waals surface area contributed by atoms with Gasteiger partial charge in [0.25, 0.3) is 5.91 Å². The Bertz CT molecular complexity index is 1020. The number of nitrogens with zero attached hydrogens (tertiary/aromatic N) is 4. The standard InChI is InChI=1S/C20H22N6O/c1-12-2-5-14(20(27)25-15-6-7-15)8-16(12)26-11-24-17-18(21-9-13-3-4-13)22-10-23-19(17)26/h2,5,8,10-11,13,15H,3-4,6-7,9H2,1H3,(H,25,27)(H,21,22,23). The number of amides is 1. The number of aryl methyl sites for hydroxylation is 1. The van der Waals surface area contributed by atoms with Gasteiger partial charge in [-0.1, -0.05) is 6.07 Å². The van der Waals surface area contributed by atoms with Gasteiger partial charge in [-0.15, -0.1) is 0 Å². The van der Waals surface area contributed by atoms with Crippen LogP contribution in [-0.2, 0) is 0 Å². The van der Waals surface area contributed by atoms with Gasteiger partial charge in [0.15, 0.2) is 17.0 Å². The minimum Gasteiger partial charge on any atom is -0.368 e. The highest BCUT2D eigenvalue weighted by molar-refractivity contribution is 5.95. The van der Waals surface area contributed by atoms with Gasteiger partial charge < -0.3 is 10.6 Å². The lowest BCUT2D eigenvalue weighted by Crippen LogP contribution is -2.25. The van der Waals surface area contributed by atoms with Crippen LogP contribution in [0.5, 0.6) is 0 Å². The molecule has 27 heavy (non-hydrogen) atoms. The highest BCUT2D eigenvalue weighted by Crippen LogP contribution is 2.30. The van der Waals surface area contributed by atoms with E-state index in [-0.39, 0.29) is 5.91 Å². The predicted molar refractivity (Wildman–Crippen MR) is 103 cm³/mol. The third-order valence-corrected chi connectivity index (χ3v) is 5.23. The van der Waals surface area contributed by atoms with Gasteiger partial charge in [-0.05, 0) is 56.2 Å². The summed E-state index contributed by atoms with van der Waals surface area (Å²) < 4.78 is 1.93. The largest absolute Gasteiger partial charge is 0.368 e. The normalized spacial score (nSPS) is 16.5. The van der Waals surface area contributed by atoms with Crippen LogP contribution in [0, 0.1) is 12.8 Å². The van der Waals surface area contributed by atoms with Crippen LogP contribution < -0.4 is 10.6 Å². The lowest BCUT2D eigenvalue weighted by atomic mass is 10.1. The molecule has 0 bridgehead atoms. The quantitative estimate of drug-likeness (QED) is 0.704. The maximum Gasteiger partial charge on any atom is 0.251 e. The molecule has 7 nitrogen and oxygen atoms in total. The summed E-state index contributed by atoms with van der Waals surface area (Å²) >= 11 is 0. The number of benzene rings is 1. The highest BCUT2D eigenvalue weighted by Gasteiger charge is 2.24. The molecule has 138 valence electrons. The number of hydrogen-bond donors (Lipinski definition) is 2. The van der Waals surface area contributed by atoms with Gasteiger partial charge in [0.2, 0.25) is 0 Å². The summed E-state index contributed by atoms with van der Waals surface area (Å²) in [5, 5.41) is 6.44. The zero-order valence-corrected chi connectivity index (χ0v) is 15.3. The molecule has 2 fully saturated rings. The van der Waals surface area contributed by atoms with Crippen molar-refractivity contribution in [3.8, 4) is 5.69 Å². The van der Waals surface area contributed by atoms with Crippen molar-refractivity contribution in [3.63, 3.8) is 0 Å². The first-order valence-electron chi connectivity index (χ1n) is 9.53. The van der Waals surface area contributed by atoms with Crippen LogP contribution in [0.25, 0.3) is 16.9 Å². The topological polar surface area (TPSA) is 84.7 Å². The number of hydrogen-bond acceptors (Lipinski definition) is 5. The van der Waals surface area contributed by atoms with Crippen LogP contribution in [0.4, 0.5) is 5.82 Å². The second-order valence-electron chi connectivity index (χ2n) is 7.58. The van der Waals surface area contributed by atoms with Crippen LogP contribution >= 0.6 is 0 Å². The predicted octanol–water partition coefficient (Wildman–Crippen LogP) is 2.84. The summed E-state index contributed by atoms with van der Waals surface area (Å²) in [6, 6.07) is 6.08. The molecule has 2 aliphatic carbocycles. The fraction of sp³-hybridized carbons (Fsp3) is 0.400. The second kappa shape index (κ2) is 6.33. The summed E-state index contributed by atoms with van der Waals surface area (Å²) in [5.41, 5.74) is 4.12. The average molecular weight is 362 g/mol. The van der Waals surface area contributed by atoms with Gasteiger partial charge >= 0.3 is 0 Å². The Labute approximate surface area is 157 Å². The monoisotopic (exact) mass is 362 g/mol. The minimum absolute atomic E-state index is 0.0235. The van der Waals surface area contributed by atoms with Crippen molar-refractivity contribution in [3.05, 3.63) is 42.0 Å². The molecule has 2 N–H and O–H groups in total. The second-order valence-corrected chi connectivity index (χ2v) is 7.58. The number of anilines is 1. The van der Waals surface area contributed by atoms with Crippen molar-refractivity contribution < 1.29 is 4.79 Å². The van der Waals surface area contributed by atoms with Crippen molar-refractivity contribution in [1.29, 1.82) is 0 Å². The molecule has 1 aromatic carbocycles. The lowest BCUT2D eigenvalue weighted by Gasteiger charge is -2.11. The molecule has 7 heteroatoms. The first kappa shape index (κ1) is 16.2. The maximum absolute atomic E-state index is 12.4. The smallest absolute Gasteiger partial charge is 0.251 e. The van der Waals surface area contributed by atoms with E-state index in [0.717, 1.165) is 53.5 Å². The van der Waals surface area contributed by atoms with E-state index in [2.05, 4.69) is 25.6 Å². The molecular formula is C20H22N6O. The summed E-state index contributed by atoms with van der Waals surface area (Å²) in [7, 11) is 0. The average Bonchev–Trinajstić information content (AvgIpc) is 3.60. The number of nitrogens with one attached hydrogen (secondary N) is 2. The molecule has 5 rings (SSSR count). The first-order chi connectivity index (χ1) is 13.2. The lowest BCUT2D eigenvalue weighted by molar-refractivity contribution is 0.0951. The Morgan fingerprint density at radius 1 is 1.19 bits per heavy atom. The molecule has 1 amide bonds. The van der Waals surface area contributed by atoms with Crippen LogP contribution in [0.2, 0.25) is 0 Å². The molecular weight excluding hydrogens is 340 g/mol. The molecule has 3 aromatic rings. The van der Waals surface area contributed by atoms with Crippen LogP contribution in [0.3, 0.4) is 0 Å². The van der Waals surface area contributed by atoms with E-state index < -0.39 is 0 Å². The van der Waals surface area contributed by atoms with E-state index in [4.69, 9.17) is 0 Å². The van der Waals surface area contributed by atoms with E-state index >= 15 is 0 Å². The van der Waals surface area contributed by atoms with Gasteiger partial charge in [0.05, 0.1) is 5.69 Å². The van der Waals surface area contributed by atoms with Crippen molar-refractivity contribution in [2.24, 2.45) is 5.92 Å². The van der Waals surface area contributed by atoms with Gasteiger partial charge in [-0.25, -0.2) is 15.0 Å². The van der Waals surface area contributed by atoms with E-state index in [1.54, 1.807) is 12.7 Å². The molecule has 2 aliphatic rings. The number of rotatable bonds is 6. The summed E-state index contributed by atoms with van der Waals surface area (Å²) in [4.78, 5) is 25.8. The first-order valence-corrected chi connectivity index (χ1v) is 9.53. The highest BCUT2D eigenvalue weighted by atomic mass is 16.1. The van der Waals surface area contributed by atoms with Gasteiger partial charge in [0.1, 0.15) is 12.7 Å². The summed E-state index contributed by atoms with van der Waals surface area (Å²) in [6.45, 7) is 2.95. The van der Waals surface area contributed by atoms with E-state index in [0.29, 0.717) is 11.6 Å². The van der Waals surface area contributed by atoms with Crippen molar-refractivity contribution in [2.45, 2.75) is 38.6 Å². The number of carbonyl (C=O) groups is 1. The molecule has 2 aromatic heterocycles. The molecule has 0 atom stereocenters. The van der Waals surface area contributed by atoms with Crippen molar-refractivity contribution in [1.82, 2.24) is 24.8 Å². The Hall–Kier alpha value is -2.96. The van der Waals surface area contributed by atoms with E-state index in [1.807, 2.05) is 29.7 Å². The Balaban J connectivity index is 1.50.